The van der Waals surface area contributed by atoms with Gasteiger partial charge in [0, 0.05) is 18.1 Å². The first-order valence-electron chi connectivity index (χ1n) is 9.18. The maximum atomic E-state index is 13.9. The average Bonchev–Trinajstić information content (AvgIpc) is 2.72. The van der Waals surface area contributed by atoms with Gasteiger partial charge in [0.25, 0.3) is 12.3 Å². The molecule has 0 radical (unpaired) electrons. The molecular formula is C21H25F3N4O. The van der Waals surface area contributed by atoms with Gasteiger partial charge < -0.3 is 10.6 Å². The third kappa shape index (κ3) is 6.79. The molecule has 0 saturated carbocycles. The van der Waals surface area contributed by atoms with Crippen LogP contribution in [0.15, 0.2) is 51.4 Å². The Morgan fingerprint density at radius 1 is 1.28 bits per heavy atom. The van der Waals surface area contributed by atoms with Crippen LogP contribution in [0.2, 0.25) is 0 Å². The van der Waals surface area contributed by atoms with E-state index in [9.17, 15) is 18.0 Å². The first-order chi connectivity index (χ1) is 13.8. The average molecular weight is 406 g/mol. The minimum absolute atomic E-state index is 0.197. The Morgan fingerprint density at radius 2 is 1.97 bits per heavy atom. The second-order valence-electron chi connectivity index (χ2n) is 5.97. The van der Waals surface area contributed by atoms with E-state index in [1.807, 2.05) is 27.7 Å². The first-order valence-corrected chi connectivity index (χ1v) is 9.18. The number of benzene rings is 1. The highest BCUT2D eigenvalue weighted by Gasteiger charge is 2.25. The van der Waals surface area contributed by atoms with Gasteiger partial charge in [0.1, 0.15) is 11.7 Å². The van der Waals surface area contributed by atoms with Crippen molar-refractivity contribution in [2.24, 2.45) is 15.7 Å². The number of nitrogens with zero attached hydrogens (tertiary/aromatic N) is 3. The van der Waals surface area contributed by atoms with Crippen LogP contribution in [0.5, 0.6) is 0 Å². The van der Waals surface area contributed by atoms with E-state index in [-0.39, 0.29) is 12.1 Å². The summed E-state index contributed by atoms with van der Waals surface area (Å²) >= 11 is 0. The van der Waals surface area contributed by atoms with Gasteiger partial charge in [-0.2, -0.15) is 4.99 Å². The maximum Gasteiger partial charge on any atom is 0.266 e. The molecule has 0 unspecified atom stereocenters. The molecule has 1 aromatic rings. The van der Waals surface area contributed by atoms with Crippen LogP contribution in [-0.4, -0.2) is 35.6 Å². The van der Waals surface area contributed by atoms with Crippen LogP contribution in [0, 0.1) is 5.82 Å². The number of nitrogens with two attached hydrogens (primary N) is 1. The van der Waals surface area contributed by atoms with Crippen molar-refractivity contribution in [2.45, 2.75) is 40.5 Å². The van der Waals surface area contributed by atoms with Gasteiger partial charge in [-0.3, -0.25) is 4.79 Å². The van der Waals surface area contributed by atoms with Crippen LogP contribution in [0.1, 0.15) is 56.5 Å². The van der Waals surface area contributed by atoms with Gasteiger partial charge in [-0.1, -0.05) is 31.6 Å². The van der Waals surface area contributed by atoms with Gasteiger partial charge in [-0.15, -0.1) is 0 Å². The Labute approximate surface area is 168 Å². The molecule has 0 atom stereocenters. The Bertz CT molecular complexity index is 893. The topological polar surface area (TPSA) is 71.0 Å². The summed E-state index contributed by atoms with van der Waals surface area (Å²) in [4.78, 5) is 21.1. The minimum atomic E-state index is -2.95. The van der Waals surface area contributed by atoms with Crippen molar-refractivity contribution in [2.75, 3.05) is 13.1 Å². The Hall–Kier alpha value is -3.08. The summed E-state index contributed by atoms with van der Waals surface area (Å²) in [5.41, 5.74) is 8.82. The van der Waals surface area contributed by atoms with E-state index in [0.29, 0.717) is 18.7 Å². The lowest BCUT2D eigenvalue weighted by atomic mass is 10.0. The Kier molecular flexibility index (Phi) is 9.66. The molecule has 0 saturated heterocycles. The lowest BCUT2D eigenvalue weighted by Gasteiger charge is -2.28. The van der Waals surface area contributed by atoms with Crippen LogP contribution in [-0.2, 0) is 0 Å². The number of aliphatic imine (C=N–C) groups is 2. The van der Waals surface area contributed by atoms with Crippen molar-refractivity contribution >= 4 is 17.6 Å². The van der Waals surface area contributed by atoms with Gasteiger partial charge in [0.15, 0.2) is 0 Å². The highest BCUT2D eigenvalue weighted by Crippen LogP contribution is 2.25. The third-order valence-electron chi connectivity index (χ3n) is 4.05. The molecule has 2 aliphatic heterocycles. The van der Waals surface area contributed by atoms with Gasteiger partial charge in [-0.25, -0.2) is 18.2 Å². The van der Waals surface area contributed by atoms with Crippen molar-refractivity contribution in [3.05, 3.63) is 58.3 Å². The normalized spacial score (nSPS) is 14.8. The molecule has 0 fully saturated rings. The molecule has 0 bridgehead atoms. The zero-order chi connectivity index (χ0) is 22.0. The number of hydrogen-bond donors (Lipinski definition) is 1. The monoisotopic (exact) mass is 406 g/mol. The van der Waals surface area contributed by atoms with E-state index in [1.165, 1.54) is 17.0 Å². The fraction of sp³-hybridized carbons (Fsp3) is 0.381. The zero-order valence-electron chi connectivity index (χ0n) is 17.0. The summed E-state index contributed by atoms with van der Waals surface area (Å²) in [6, 6.07) is 3.45. The molecule has 8 heteroatoms. The number of rotatable bonds is 2. The molecule has 3 rings (SSSR count). The molecule has 2 N–H and O–H groups in total. The molecule has 0 aliphatic carbocycles. The molecule has 0 aromatic heterocycles. The van der Waals surface area contributed by atoms with E-state index in [2.05, 4.69) is 21.6 Å². The van der Waals surface area contributed by atoms with E-state index in [0.717, 1.165) is 17.5 Å². The first kappa shape index (κ1) is 24.0. The molecule has 156 valence electrons. The van der Waals surface area contributed by atoms with Crippen molar-refractivity contribution in [1.29, 1.82) is 0 Å². The van der Waals surface area contributed by atoms with Crippen molar-refractivity contribution in [3.8, 4) is 0 Å². The lowest BCUT2D eigenvalue weighted by molar-refractivity contribution is 0.0756. The van der Waals surface area contributed by atoms with Gasteiger partial charge in [0.05, 0.1) is 23.9 Å². The number of carbonyl (C=O) groups excluding carboxylic acids is 1. The van der Waals surface area contributed by atoms with Crippen molar-refractivity contribution in [3.63, 3.8) is 0 Å². The molecule has 29 heavy (non-hydrogen) atoms. The number of halogens is 3. The summed E-state index contributed by atoms with van der Waals surface area (Å²) in [6.07, 6.45) is -0.799. The predicted octanol–water partition coefficient (Wildman–Crippen LogP) is 4.63. The molecule has 1 aromatic carbocycles. The minimum Gasteiger partial charge on any atom is -0.401 e. The van der Waals surface area contributed by atoms with Gasteiger partial charge >= 0.3 is 0 Å². The summed E-state index contributed by atoms with van der Waals surface area (Å²) in [5, 5.41) is 0. The molecule has 2 aliphatic rings. The largest absolute Gasteiger partial charge is 0.401 e. The summed E-state index contributed by atoms with van der Waals surface area (Å²) < 4.78 is 39.2. The van der Waals surface area contributed by atoms with Gasteiger partial charge in [0.2, 0.25) is 0 Å². The quantitative estimate of drug-likeness (QED) is 0.728. The number of amides is 1. The van der Waals surface area contributed by atoms with Crippen LogP contribution in [0.25, 0.3) is 0 Å². The van der Waals surface area contributed by atoms with Crippen molar-refractivity contribution < 1.29 is 18.0 Å². The Morgan fingerprint density at radius 3 is 2.45 bits per heavy atom. The second kappa shape index (κ2) is 11.7. The van der Waals surface area contributed by atoms with Crippen molar-refractivity contribution in [1.82, 2.24) is 4.90 Å². The highest BCUT2D eigenvalue weighted by molar-refractivity contribution is 5.95. The summed E-state index contributed by atoms with van der Waals surface area (Å²) in [6.45, 7) is 8.28. The van der Waals surface area contributed by atoms with E-state index in [1.54, 1.807) is 6.20 Å². The third-order valence-corrected chi connectivity index (χ3v) is 4.05. The molecular weight excluding hydrogens is 381 g/mol. The number of carbonyl (C=O) groups is 1. The van der Waals surface area contributed by atoms with Crippen LogP contribution < -0.4 is 5.73 Å². The zero-order valence-corrected chi connectivity index (χ0v) is 17.0. The highest BCUT2D eigenvalue weighted by atomic mass is 19.3. The number of alkyl halides is 2. The maximum absolute atomic E-state index is 13.9. The lowest BCUT2D eigenvalue weighted by Crippen LogP contribution is -2.39. The smallest absolute Gasteiger partial charge is 0.266 e. The van der Waals surface area contributed by atoms with Crippen LogP contribution in [0.3, 0.4) is 0 Å². The van der Waals surface area contributed by atoms with Gasteiger partial charge in [-0.05, 0) is 32.1 Å². The standard InChI is InChI=1S/C14H15F3N2O.C5H4N2.C2H6/c1-8-5-6-19(7-11(8)18)14(20)10-4-2-3-9(12(10)15)13(16)17;1-5-6-3-2-4-7-5;1-2/h2-4,13H,5-7,18H2,1H3;3H,1H3;1-2H3. The molecule has 1 amide bonds. The van der Waals surface area contributed by atoms with E-state index < -0.39 is 23.7 Å². The Balaban J connectivity index is 0.000000390. The van der Waals surface area contributed by atoms with Crippen LogP contribution in [0.4, 0.5) is 13.2 Å². The van der Waals surface area contributed by atoms with E-state index in [4.69, 9.17) is 5.73 Å². The molecule has 2 heterocycles. The number of hydrogen-bond acceptors (Lipinski definition) is 4. The molecule has 0 spiro atoms. The predicted molar refractivity (Wildman–Crippen MR) is 109 cm³/mol. The summed E-state index contributed by atoms with van der Waals surface area (Å²) in [5.74, 6) is 1.49. The fourth-order valence-corrected chi connectivity index (χ4v) is 2.41. The van der Waals surface area contributed by atoms with E-state index >= 15 is 0 Å². The molecule has 5 nitrogen and oxygen atoms in total. The van der Waals surface area contributed by atoms with Crippen LogP contribution >= 0.6 is 0 Å². The second-order valence-corrected chi connectivity index (χ2v) is 5.97. The summed E-state index contributed by atoms with van der Waals surface area (Å²) in [7, 11) is 0. The SMILES string of the molecule is CC.CC1=C(N)CN(C(=O)c2cccc(C(F)F)c2F)CC1.CC1=NC=C=C=N1. The fourth-order valence-electron chi connectivity index (χ4n) is 2.41. The number of amidine groups is 1.